The van der Waals surface area contributed by atoms with Crippen molar-refractivity contribution in [2.75, 3.05) is 5.73 Å². The summed E-state index contributed by atoms with van der Waals surface area (Å²) in [6.07, 6.45) is 1.69. The molecule has 0 aromatic carbocycles. The molecule has 0 fully saturated rings. The molecule has 0 saturated heterocycles. The lowest BCUT2D eigenvalue weighted by atomic mass is 10.1. The third-order valence-corrected chi connectivity index (χ3v) is 4.45. The fourth-order valence-electron chi connectivity index (χ4n) is 2.25. The number of H-pyrrole nitrogens is 1. The van der Waals surface area contributed by atoms with Gasteiger partial charge in [-0.2, -0.15) is 0 Å². The fourth-order valence-corrected chi connectivity index (χ4v) is 3.32. The van der Waals surface area contributed by atoms with Crippen molar-refractivity contribution in [3.05, 3.63) is 46.2 Å². The van der Waals surface area contributed by atoms with E-state index in [-0.39, 0.29) is 11.6 Å². The largest absolute Gasteiger partial charge is 0.397 e. The highest BCUT2D eigenvalue weighted by Crippen LogP contribution is 2.35. The lowest BCUT2D eigenvalue weighted by Gasteiger charge is -2.01. The van der Waals surface area contributed by atoms with E-state index in [2.05, 4.69) is 9.97 Å². The molecule has 0 saturated carbocycles. The van der Waals surface area contributed by atoms with Crippen molar-refractivity contribution in [1.82, 2.24) is 9.97 Å². The van der Waals surface area contributed by atoms with Gasteiger partial charge in [-0.15, -0.1) is 11.3 Å². The summed E-state index contributed by atoms with van der Waals surface area (Å²) in [6.45, 7) is 3.27. The van der Waals surface area contributed by atoms with Crippen molar-refractivity contribution in [3.63, 3.8) is 0 Å². The van der Waals surface area contributed by atoms with Crippen molar-refractivity contribution in [2.24, 2.45) is 0 Å². The molecular weight excluding hydrogens is 286 g/mol. The number of nitrogens with two attached hydrogens (primary N) is 1. The van der Waals surface area contributed by atoms with Gasteiger partial charge < -0.3 is 10.7 Å². The van der Waals surface area contributed by atoms with Gasteiger partial charge in [0.15, 0.2) is 5.78 Å². The van der Waals surface area contributed by atoms with E-state index in [9.17, 15) is 9.59 Å². The Labute approximate surface area is 124 Å². The highest BCUT2D eigenvalue weighted by atomic mass is 32.1. The van der Waals surface area contributed by atoms with Crippen LogP contribution in [0.1, 0.15) is 38.3 Å². The Balaban J connectivity index is 2.20. The zero-order valence-corrected chi connectivity index (χ0v) is 12.4. The molecule has 3 heterocycles. The number of pyridine rings is 1. The summed E-state index contributed by atoms with van der Waals surface area (Å²) in [6, 6.07) is 5.18. The van der Waals surface area contributed by atoms with Crippen LogP contribution >= 0.6 is 11.3 Å². The summed E-state index contributed by atoms with van der Waals surface area (Å²) in [5.41, 5.74) is 8.13. The predicted octanol–water partition coefficient (Wildman–Crippen LogP) is 2.95. The maximum Gasteiger partial charge on any atom is 0.221 e. The maximum atomic E-state index is 12.4. The first kappa shape index (κ1) is 13.5. The summed E-state index contributed by atoms with van der Waals surface area (Å²) in [4.78, 5) is 32.4. The molecule has 0 aliphatic carbocycles. The second-order valence-electron chi connectivity index (χ2n) is 4.79. The van der Waals surface area contributed by atoms with Gasteiger partial charge in [0, 0.05) is 22.8 Å². The Hall–Kier alpha value is -2.47. The number of thiophene rings is 1. The van der Waals surface area contributed by atoms with Gasteiger partial charge in [0.2, 0.25) is 5.78 Å². The molecule has 0 atom stereocenters. The average Bonchev–Trinajstić information content (AvgIpc) is 3.06. The Morgan fingerprint density at radius 1 is 1.38 bits per heavy atom. The minimum atomic E-state index is -0.164. The lowest BCUT2D eigenvalue weighted by Crippen LogP contribution is -2.02. The van der Waals surface area contributed by atoms with Crippen molar-refractivity contribution in [2.45, 2.75) is 13.8 Å². The monoisotopic (exact) mass is 299 g/mol. The number of fused-ring (bicyclic) bond motifs is 1. The van der Waals surface area contributed by atoms with Crippen molar-refractivity contribution in [3.8, 4) is 0 Å². The van der Waals surface area contributed by atoms with Gasteiger partial charge in [0.25, 0.3) is 0 Å². The Bertz CT molecular complexity index is 863. The van der Waals surface area contributed by atoms with Crippen LogP contribution in [-0.4, -0.2) is 21.5 Å². The summed E-state index contributed by atoms with van der Waals surface area (Å²) >= 11 is 1.25. The number of carbonyl (C=O) groups excluding carboxylic acids is 2. The van der Waals surface area contributed by atoms with Crippen LogP contribution in [0.25, 0.3) is 10.2 Å². The van der Waals surface area contributed by atoms with Gasteiger partial charge in [-0.05, 0) is 32.0 Å². The molecule has 3 N–H and O–H groups in total. The van der Waals surface area contributed by atoms with Gasteiger partial charge >= 0.3 is 0 Å². The highest BCUT2D eigenvalue weighted by Gasteiger charge is 2.20. The normalized spacial score (nSPS) is 11.0. The smallest absolute Gasteiger partial charge is 0.221 e. The number of aromatic nitrogens is 2. The molecule has 6 heteroatoms. The SMILES string of the molecule is CC(=O)c1cc2c(N)c(C(=O)c3ccc[nH]3)sc2nc1C. The topological polar surface area (TPSA) is 88.8 Å². The van der Waals surface area contributed by atoms with E-state index in [1.54, 1.807) is 31.3 Å². The van der Waals surface area contributed by atoms with Crippen LogP contribution in [0.3, 0.4) is 0 Å². The number of rotatable bonds is 3. The van der Waals surface area contributed by atoms with Crippen LogP contribution in [0.4, 0.5) is 5.69 Å². The number of Topliss-reactive ketones (excluding diaryl/α,β-unsaturated/α-hetero) is 1. The number of nitrogen functional groups attached to an aromatic ring is 1. The van der Waals surface area contributed by atoms with Crippen LogP contribution < -0.4 is 5.73 Å². The Morgan fingerprint density at radius 3 is 2.76 bits per heavy atom. The summed E-state index contributed by atoms with van der Waals surface area (Å²) in [5, 5.41) is 0.658. The van der Waals surface area contributed by atoms with E-state index in [0.29, 0.717) is 37.7 Å². The molecule has 3 rings (SSSR count). The summed E-state index contributed by atoms with van der Waals surface area (Å²) in [5.74, 6) is -0.229. The molecule has 0 aliphatic rings. The molecule has 21 heavy (non-hydrogen) atoms. The van der Waals surface area contributed by atoms with E-state index in [4.69, 9.17) is 5.73 Å². The molecular formula is C15H13N3O2S. The van der Waals surface area contributed by atoms with Crippen LogP contribution in [0.5, 0.6) is 0 Å². The first-order valence-electron chi connectivity index (χ1n) is 6.37. The van der Waals surface area contributed by atoms with Crippen LogP contribution in [0.15, 0.2) is 24.4 Å². The minimum Gasteiger partial charge on any atom is -0.397 e. The molecule has 0 unspecified atom stereocenters. The number of carbonyl (C=O) groups is 2. The summed E-state index contributed by atoms with van der Waals surface area (Å²) in [7, 11) is 0. The van der Waals surface area contributed by atoms with E-state index in [1.807, 2.05) is 0 Å². The Morgan fingerprint density at radius 2 is 2.14 bits per heavy atom. The van der Waals surface area contributed by atoms with Gasteiger partial charge in [0.05, 0.1) is 11.4 Å². The average molecular weight is 299 g/mol. The fraction of sp³-hybridized carbons (Fsp3) is 0.133. The third kappa shape index (κ3) is 2.13. The minimum absolute atomic E-state index is 0.0651. The van der Waals surface area contributed by atoms with E-state index >= 15 is 0 Å². The third-order valence-electron chi connectivity index (χ3n) is 3.34. The van der Waals surface area contributed by atoms with Crippen LogP contribution in [0, 0.1) is 6.92 Å². The summed E-state index contributed by atoms with van der Waals surface area (Å²) < 4.78 is 0. The van der Waals surface area contributed by atoms with Gasteiger partial charge in [-0.1, -0.05) is 0 Å². The number of anilines is 1. The Kier molecular flexibility index (Phi) is 3.10. The molecule has 3 aromatic heterocycles. The first-order valence-corrected chi connectivity index (χ1v) is 7.19. The number of hydrogen-bond acceptors (Lipinski definition) is 5. The van der Waals surface area contributed by atoms with Crippen molar-refractivity contribution in [1.29, 1.82) is 0 Å². The number of aromatic amines is 1. The van der Waals surface area contributed by atoms with E-state index < -0.39 is 0 Å². The van der Waals surface area contributed by atoms with Crippen LogP contribution in [0.2, 0.25) is 0 Å². The molecule has 106 valence electrons. The molecule has 0 amide bonds. The van der Waals surface area contributed by atoms with E-state index in [1.165, 1.54) is 18.3 Å². The number of nitrogens with zero attached hydrogens (tertiary/aromatic N) is 1. The molecule has 3 aromatic rings. The maximum absolute atomic E-state index is 12.4. The predicted molar refractivity (Wildman–Crippen MR) is 83.0 cm³/mol. The number of hydrogen-bond donors (Lipinski definition) is 2. The van der Waals surface area contributed by atoms with Gasteiger partial charge in [-0.3, -0.25) is 9.59 Å². The number of ketones is 2. The zero-order valence-electron chi connectivity index (χ0n) is 11.6. The van der Waals surface area contributed by atoms with E-state index in [0.717, 1.165) is 0 Å². The second-order valence-corrected chi connectivity index (χ2v) is 5.79. The standard InChI is InChI=1S/C15H13N3O2S/c1-7-9(8(2)19)6-10-12(16)14(21-15(10)18-7)13(20)11-4-3-5-17-11/h3-6,17H,16H2,1-2H3. The lowest BCUT2D eigenvalue weighted by molar-refractivity contribution is 0.101. The van der Waals surface area contributed by atoms with Crippen LogP contribution in [-0.2, 0) is 0 Å². The molecule has 0 bridgehead atoms. The number of nitrogens with one attached hydrogen (secondary N) is 1. The van der Waals surface area contributed by atoms with Crippen molar-refractivity contribution >= 4 is 38.8 Å². The zero-order chi connectivity index (χ0) is 15.1. The highest BCUT2D eigenvalue weighted by molar-refractivity contribution is 7.21. The molecule has 0 spiro atoms. The van der Waals surface area contributed by atoms with Gasteiger partial charge in [0.1, 0.15) is 9.71 Å². The first-order chi connectivity index (χ1) is 9.99. The van der Waals surface area contributed by atoms with Crippen molar-refractivity contribution < 1.29 is 9.59 Å². The molecule has 0 aliphatic heterocycles. The molecule has 5 nitrogen and oxygen atoms in total. The second kappa shape index (κ2) is 4.82. The quantitative estimate of drug-likeness (QED) is 0.728. The molecule has 0 radical (unpaired) electrons. The number of aryl methyl sites for hydroxylation is 1. The van der Waals surface area contributed by atoms with Gasteiger partial charge in [-0.25, -0.2) is 4.98 Å².